The van der Waals surface area contributed by atoms with Gasteiger partial charge in [-0.05, 0) is 26.3 Å². The van der Waals surface area contributed by atoms with Crippen molar-refractivity contribution in [1.29, 1.82) is 0 Å². The fourth-order valence-electron chi connectivity index (χ4n) is 1.87. The smallest absolute Gasteiger partial charge is 0.0704 e. The molecule has 1 aliphatic carbocycles. The minimum atomic E-state index is 0.425. The van der Waals surface area contributed by atoms with Gasteiger partial charge in [-0.2, -0.15) is 0 Å². The molecule has 0 aromatic heterocycles. The van der Waals surface area contributed by atoms with E-state index in [0.717, 1.165) is 6.42 Å². The summed E-state index contributed by atoms with van der Waals surface area (Å²) in [5, 5.41) is 3.28. The minimum Gasteiger partial charge on any atom is -0.382 e. The van der Waals surface area contributed by atoms with Gasteiger partial charge in [-0.15, -0.1) is 0 Å². The average Bonchev–Trinajstić information content (AvgIpc) is 2.71. The summed E-state index contributed by atoms with van der Waals surface area (Å²) in [7, 11) is 3.69. The van der Waals surface area contributed by atoms with Gasteiger partial charge in [0.25, 0.3) is 0 Å². The third-order valence-corrected chi connectivity index (χ3v) is 2.81. The fraction of sp³-hybridized carbons (Fsp3) is 1.00. The standard InChI is InChI=1S/C11H23NO3/c1-12-10-3-4-11(9-10)15-8-7-14-6-5-13-2/h10-12H,3-9H2,1-2H3. The van der Waals surface area contributed by atoms with E-state index >= 15 is 0 Å². The van der Waals surface area contributed by atoms with Crippen LogP contribution in [0.5, 0.6) is 0 Å². The highest BCUT2D eigenvalue weighted by atomic mass is 16.5. The summed E-state index contributed by atoms with van der Waals surface area (Å²) >= 11 is 0. The molecule has 0 aromatic rings. The average molecular weight is 217 g/mol. The molecule has 0 heterocycles. The Morgan fingerprint density at radius 2 is 1.93 bits per heavy atom. The molecular weight excluding hydrogens is 194 g/mol. The Labute approximate surface area is 92.3 Å². The van der Waals surface area contributed by atoms with E-state index in [0.29, 0.717) is 38.6 Å². The van der Waals surface area contributed by atoms with E-state index in [1.165, 1.54) is 12.8 Å². The van der Waals surface area contributed by atoms with Crippen molar-refractivity contribution in [1.82, 2.24) is 5.32 Å². The Morgan fingerprint density at radius 3 is 2.60 bits per heavy atom. The molecule has 0 amide bonds. The van der Waals surface area contributed by atoms with Gasteiger partial charge >= 0.3 is 0 Å². The fourth-order valence-corrected chi connectivity index (χ4v) is 1.87. The topological polar surface area (TPSA) is 39.7 Å². The number of rotatable bonds is 8. The minimum absolute atomic E-state index is 0.425. The van der Waals surface area contributed by atoms with E-state index in [1.807, 2.05) is 7.05 Å². The van der Waals surface area contributed by atoms with Gasteiger partial charge < -0.3 is 19.5 Å². The first-order valence-electron chi connectivity index (χ1n) is 5.72. The van der Waals surface area contributed by atoms with E-state index in [2.05, 4.69) is 5.32 Å². The molecule has 0 saturated heterocycles. The zero-order chi connectivity index (χ0) is 10.9. The Morgan fingerprint density at radius 1 is 1.13 bits per heavy atom. The second kappa shape index (κ2) is 8.05. The van der Waals surface area contributed by atoms with Crippen LogP contribution in [0.15, 0.2) is 0 Å². The van der Waals surface area contributed by atoms with Crippen molar-refractivity contribution in [3.63, 3.8) is 0 Å². The second-order valence-corrected chi connectivity index (χ2v) is 3.90. The lowest BCUT2D eigenvalue weighted by Gasteiger charge is -2.12. The van der Waals surface area contributed by atoms with Gasteiger partial charge in [-0.25, -0.2) is 0 Å². The number of methoxy groups -OCH3 is 1. The number of ether oxygens (including phenoxy) is 3. The first-order chi connectivity index (χ1) is 7.36. The molecule has 2 atom stereocenters. The van der Waals surface area contributed by atoms with Crippen molar-refractivity contribution >= 4 is 0 Å². The molecule has 1 rings (SSSR count). The van der Waals surface area contributed by atoms with Crippen molar-refractivity contribution < 1.29 is 14.2 Å². The van der Waals surface area contributed by atoms with Crippen LogP contribution in [0.25, 0.3) is 0 Å². The molecule has 1 fully saturated rings. The lowest BCUT2D eigenvalue weighted by atomic mass is 10.2. The molecule has 2 unspecified atom stereocenters. The van der Waals surface area contributed by atoms with E-state index in [1.54, 1.807) is 7.11 Å². The van der Waals surface area contributed by atoms with E-state index < -0.39 is 0 Å². The molecule has 0 spiro atoms. The third kappa shape index (κ3) is 5.47. The first kappa shape index (κ1) is 12.9. The molecule has 1 aliphatic rings. The molecule has 1 saturated carbocycles. The molecule has 0 radical (unpaired) electrons. The van der Waals surface area contributed by atoms with Crippen LogP contribution in [-0.4, -0.2) is 52.7 Å². The molecule has 90 valence electrons. The van der Waals surface area contributed by atoms with Gasteiger partial charge in [-0.1, -0.05) is 0 Å². The number of hydrogen-bond acceptors (Lipinski definition) is 4. The second-order valence-electron chi connectivity index (χ2n) is 3.90. The van der Waals surface area contributed by atoms with Crippen LogP contribution in [0.3, 0.4) is 0 Å². The maximum Gasteiger partial charge on any atom is 0.0704 e. The van der Waals surface area contributed by atoms with Gasteiger partial charge in [0.15, 0.2) is 0 Å². The molecule has 0 aromatic carbocycles. The van der Waals surface area contributed by atoms with Crippen LogP contribution in [0.2, 0.25) is 0 Å². The van der Waals surface area contributed by atoms with Crippen molar-refractivity contribution in [2.45, 2.75) is 31.4 Å². The molecule has 15 heavy (non-hydrogen) atoms. The molecule has 1 N–H and O–H groups in total. The molecule has 0 bridgehead atoms. The van der Waals surface area contributed by atoms with Gasteiger partial charge in [0.05, 0.1) is 32.5 Å². The van der Waals surface area contributed by atoms with E-state index in [9.17, 15) is 0 Å². The van der Waals surface area contributed by atoms with Gasteiger partial charge in [0.2, 0.25) is 0 Å². The number of hydrogen-bond donors (Lipinski definition) is 1. The van der Waals surface area contributed by atoms with Crippen LogP contribution >= 0.6 is 0 Å². The van der Waals surface area contributed by atoms with Crippen molar-refractivity contribution in [3.8, 4) is 0 Å². The summed E-state index contributed by atoms with van der Waals surface area (Å²) in [4.78, 5) is 0. The normalized spacial score (nSPS) is 26.0. The van der Waals surface area contributed by atoms with E-state index in [-0.39, 0.29) is 0 Å². The summed E-state index contributed by atoms with van der Waals surface area (Å²) in [6, 6.07) is 0.643. The number of nitrogens with one attached hydrogen (secondary N) is 1. The predicted octanol–water partition coefficient (Wildman–Crippen LogP) is 0.806. The molecule has 4 nitrogen and oxygen atoms in total. The van der Waals surface area contributed by atoms with Gasteiger partial charge in [0.1, 0.15) is 0 Å². The van der Waals surface area contributed by atoms with Crippen LogP contribution < -0.4 is 5.32 Å². The van der Waals surface area contributed by atoms with E-state index in [4.69, 9.17) is 14.2 Å². The van der Waals surface area contributed by atoms with Gasteiger partial charge in [-0.3, -0.25) is 0 Å². The molecule has 4 heteroatoms. The van der Waals surface area contributed by atoms with Crippen molar-refractivity contribution in [2.24, 2.45) is 0 Å². The highest BCUT2D eigenvalue weighted by Crippen LogP contribution is 2.21. The summed E-state index contributed by atoms with van der Waals surface area (Å²) in [6.07, 6.45) is 3.96. The van der Waals surface area contributed by atoms with Crippen LogP contribution in [-0.2, 0) is 14.2 Å². The van der Waals surface area contributed by atoms with Crippen LogP contribution in [0.1, 0.15) is 19.3 Å². The predicted molar refractivity (Wildman–Crippen MR) is 59.1 cm³/mol. The maximum atomic E-state index is 5.71. The molecule has 0 aliphatic heterocycles. The SMILES string of the molecule is CNC1CCC(OCCOCCOC)C1. The summed E-state index contributed by atoms with van der Waals surface area (Å²) in [5.41, 5.74) is 0. The van der Waals surface area contributed by atoms with Crippen molar-refractivity contribution in [2.75, 3.05) is 40.6 Å². The summed E-state index contributed by atoms with van der Waals surface area (Å²) < 4.78 is 15.9. The molecular formula is C11H23NO3. The lowest BCUT2D eigenvalue weighted by Crippen LogP contribution is -2.23. The Bertz CT molecular complexity index is 155. The maximum absolute atomic E-state index is 5.71. The van der Waals surface area contributed by atoms with Gasteiger partial charge in [0, 0.05) is 13.2 Å². The highest BCUT2D eigenvalue weighted by Gasteiger charge is 2.23. The van der Waals surface area contributed by atoms with Crippen LogP contribution in [0.4, 0.5) is 0 Å². The Hall–Kier alpha value is -0.160. The summed E-state index contributed by atoms with van der Waals surface area (Å²) in [5.74, 6) is 0. The quantitative estimate of drug-likeness (QED) is 0.611. The highest BCUT2D eigenvalue weighted by molar-refractivity contribution is 4.79. The largest absolute Gasteiger partial charge is 0.382 e. The van der Waals surface area contributed by atoms with Crippen LogP contribution in [0, 0.1) is 0 Å². The van der Waals surface area contributed by atoms with Crippen molar-refractivity contribution in [3.05, 3.63) is 0 Å². The zero-order valence-electron chi connectivity index (χ0n) is 9.83. The monoisotopic (exact) mass is 217 g/mol. The Kier molecular flexibility index (Phi) is 6.92. The summed E-state index contributed by atoms with van der Waals surface area (Å²) in [6.45, 7) is 2.68. The lowest BCUT2D eigenvalue weighted by molar-refractivity contribution is -0.00437. The third-order valence-electron chi connectivity index (χ3n) is 2.81. The zero-order valence-corrected chi connectivity index (χ0v) is 9.83. The Balaban J connectivity index is 1.88. The first-order valence-corrected chi connectivity index (χ1v) is 5.72.